The molecule has 0 saturated carbocycles. The fourth-order valence-electron chi connectivity index (χ4n) is 0.596. The molecule has 0 bridgehead atoms. The van der Waals surface area contributed by atoms with Gasteiger partial charge in [0.25, 0.3) is 0 Å². The van der Waals surface area contributed by atoms with Crippen molar-refractivity contribution < 1.29 is 14.3 Å². The Hall–Kier alpha value is -1.26. The lowest BCUT2D eigenvalue weighted by Gasteiger charge is -1.83. The summed E-state index contributed by atoms with van der Waals surface area (Å²) < 4.78 is 4.66. The highest BCUT2D eigenvalue weighted by Crippen LogP contribution is 1.94. The molecule has 0 aliphatic rings. The summed E-state index contributed by atoms with van der Waals surface area (Å²) in [7, 11) is 5.13. The molecule has 0 aliphatic heterocycles. The molecule has 0 saturated heterocycles. The fraction of sp³-hybridized carbons (Fsp3) is 0.200. The monoisotopic (exact) mass is 137 g/mol. The predicted octanol–water partition coefficient (Wildman–Crippen LogP) is -0.525. The van der Waals surface area contributed by atoms with Crippen LogP contribution in [0.2, 0.25) is 0 Å². The van der Waals surface area contributed by atoms with E-state index < -0.39 is 5.97 Å². The molecule has 1 aromatic rings. The van der Waals surface area contributed by atoms with E-state index in [1.165, 1.54) is 6.92 Å². The summed E-state index contributed by atoms with van der Waals surface area (Å²) in [5.41, 5.74) is -0.373. The summed E-state index contributed by atoms with van der Waals surface area (Å²) in [6.45, 7) is 1.53. The van der Waals surface area contributed by atoms with Crippen LogP contribution in [0.4, 0.5) is 0 Å². The van der Waals surface area contributed by atoms with Gasteiger partial charge in [0.2, 0.25) is 0 Å². The van der Waals surface area contributed by atoms with Gasteiger partial charge in [-0.3, -0.25) is 0 Å². The second-order valence-electron chi connectivity index (χ2n) is 1.75. The average Bonchev–Trinajstić information content (AvgIpc) is 2.10. The highest BCUT2D eigenvalue weighted by atomic mass is 16.4. The van der Waals surface area contributed by atoms with Gasteiger partial charge in [0.05, 0.1) is 5.66 Å². The zero-order valence-electron chi connectivity index (χ0n) is 5.29. The van der Waals surface area contributed by atoms with Crippen LogP contribution in [0.3, 0.4) is 0 Å². The van der Waals surface area contributed by atoms with Gasteiger partial charge in [0.15, 0.2) is 19.4 Å². The molecule has 1 heterocycles. The molecule has 2 radical (unpaired) electrons. The molecule has 50 valence electrons. The number of hydrogen-bond donors (Lipinski definition) is 1. The van der Waals surface area contributed by atoms with E-state index in [0.717, 1.165) is 0 Å². The second-order valence-corrected chi connectivity index (χ2v) is 1.75. The Balaban J connectivity index is 3.15. The maximum atomic E-state index is 10.2. The summed E-state index contributed by atoms with van der Waals surface area (Å²) in [4.78, 5) is 13.8. The topological polar surface area (TPSA) is 63.3 Å². The lowest BCUT2D eigenvalue weighted by Crippen LogP contribution is -2.12. The summed E-state index contributed by atoms with van der Waals surface area (Å²) >= 11 is 0. The molecule has 0 atom stereocenters. The molecule has 1 N–H and O–H groups in total. The Morgan fingerprint density at radius 2 is 2.40 bits per heavy atom. The number of oxazole rings is 1. The number of aryl methyl sites for hydroxylation is 1. The number of aromatic nitrogens is 1. The van der Waals surface area contributed by atoms with E-state index >= 15 is 0 Å². The Bertz CT molecular complexity index is 268. The Labute approximate surface area is 58.3 Å². The van der Waals surface area contributed by atoms with Crippen molar-refractivity contribution in [3.63, 3.8) is 0 Å². The van der Waals surface area contributed by atoms with E-state index in [4.69, 9.17) is 13.0 Å². The standard InChI is InChI=1S/C5H4BNO3/c1-2-7-3(5(8)9)4(6)10-2/h1H3,(H,8,9). The molecular formula is C5H4BNO3. The molecule has 5 heteroatoms. The minimum Gasteiger partial charge on any atom is -0.476 e. The maximum Gasteiger partial charge on any atom is 0.357 e. The molecule has 0 aliphatic carbocycles. The molecule has 0 amide bonds. The molecule has 0 unspecified atom stereocenters. The summed E-state index contributed by atoms with van der Waals surface area (Å²) in [5, 5.41) is 8.38. The first-order valence-corrected chi connectivity index (χ1v) is 2.57. The third-order valence-electron chi connectivity index (χ3n) is 0.963. The van der Waals surface area contributed by atoms with Crippen molar-refractivity contribution in [2.45, 2.75) is 6.92 Å². The van der Waals surface area contributed by atoms with E-state index in [0.29, 0.717) is 0 Å². The minimum absolute atomic E-state index is 0.148. The van der Waals surface area contributed by atoms with E-state index in [9.17, 15) is 4.79 Å². The number of carbonyl (C=O) groups is 1. The number of rotatable bonds is 1. The molecular weight excluding hydrogens is 133 g/mol. The SMILES string of the molecule is [B]c1oc(C)nc1C(=O)O. The number of aromatic carboxylic acids is 1. The Kier molecular flexibility index (Phi) is 1.49. The van der Waals surface area contributed by atoms with Gasteiger partial charge in [-0.15, -0.1) is 0 Å². The van der Waals surface area contributed by atoms with Crippen LogP contribution in [0.25, 0.3) is 0 Å². The minimum atomic E-state index is -1.17. The summed E-state index contributed by atoms with van der Waals surface area (Å²) in [6.07, 6.45) is 0. The molecule has 0 fully saturated rings. The van der Waals surface area contributed by atoms with E-state index in [1.807, 2.05) is 0 Å². The van der Waals surface area contributed by atoms with Crippen LogP contribution in [0.15, 0.2) is 4.42 Å². The molecule has 0 spiro atoms. The number of carboxylic acid groups (broad SMARTS) is 1. The molecule has 1 rings (SSSR count). The largest absolute Gasteiger partial charge is 0.476 e. The van der Waals surface area contributed by atoms with Crippen molar-refractivity contribution in [3.05, 3.63) is 11.6 Å². The lowest BCUT2D eigenvalue weighted by atomic mass is 10.0. The van der Waals surface area contributed by atoms with Gasteiger partial charge in [0.1, 0.15) is 0 Å². The smallest absolute Gasteiger partial charge is 0.357 e. The highest BCUT2D eigenvalue weighted by Gasteiger charge is 2.12. The third-order valence-corrected chi connectivity index (χ3v) is 0.963. The first kappa shape index (κ1) is 6.86. The maximum absolute atomic E-state index is 10.2. The summed E-state index contributed by atoms with van der Waals surface area (Å²) in [5.74, 6) is -0.913. The van der Waals surface area contributed by atoms with Crippen LogP contribution in [-0.2, 0) is 0 Å². The first-order valence-electron chi connectivity index (χ1n) is 2.57. The van der Waals surface area contributed by atoms with Crippen LogP contribution in [0, 0.1) is 6.92 Å². The van der Waals surface area contributed by atoms with Gasteiger partial charge < -0.3 is 9.52 Å². The zero-order valence-corrected chi connectivity index (χ0v) is 5.29. The molecule has 1 aromatic heterocycles. The Morgan fingerprint density at radius 3 is 2.60 bits per heavy atom. The van der Waals surface area contributed by atoms with Crippen LogP contribution >= 0.6 is 0 Å². The molecule has 0 aromatic carbocycles. The van der Waals surface area contributed by atoms with Crippen LogP contribution in [0.5, 0.6) is 0 Å². The van der Waals surface area contributed by atoms with Gasteiger partial charge in [-0.25, -0.2) is 9.78 Å². The third kappa shape index (κ3) is 1.02. The second kappa shape index (κ2) is 2.17. The van der Waals surface area contributed by atoms with Crippen molar-refractivity contribution in [1.82, 2.24) is 4.98 Å². The van der Waals surface area contributed by atoms with Crippen molar-refractivity contribution in [2.24, 2.45) is 0 Å². The van der Waals surface area contributed by atoms with Gasteiger partial charge in [-0.1, -0.05) is 0 Å². The fourth-order valence-corrected chi connectivity index (χ4v) is 0.596. The zero-order chi connectivity index (χ0) is 7.72. The van der Waals surface area contributed by atoms with Gasteiger partial charge in [-0.05, 0) is 0 Å². The molecule has 10 heavy (non-hydrogen) atoms. The first-order chi connectivity index (χ1) is 4.61. The van der Waals surface area contributed by atoms with Crippen molar-refractivity contribution >= 4 is 19.5 Å². The average molecular weight is 137 g/mol. The van der Waals surface area contributed by atoms with Crippen LogP contribution < -0.4 is 5.66 Å². The highest BCUT2D eigenvalue weighted by molar-refractivity contribution is 6.33. The van der Waals surface area contributed by atoms with Crippen molar-refractivity contribution in [2.75, 3.05) is 0 Å². The number of hydrogen-bond acceptors (Lipinski definition) is 3. The van der Waals surface area contributed by atoms with Gasteiger partial charge in [-0.2, -0.15) is 0 Å². The van der Waals surface area contributed by atoms with Crippen LogP contribution in [0.1, 0.15) is 16.4 Å². The van der Waals surface area contributed by atoms with Crippen molar-refractivity contribution in [3.8, 4) is 0 Å². The lowest BCUT2D eigenvalue weighted by molar-refractivity contribution is 0.0692. The normalized spacial score (nSPS) is 9.70. The predicted molar refractivity (Wildman–Crippen MR) is 33.6 cm³/mol. The van der Waals surface area contributed by atoms with Crippen molar-refractivity contribution in [1.29, 1.82) is 0 Å². The van der Waals surface area contributed by atoms with E-state index in [-0.39, 0.29) is 17.2 Å². The molecule has 4 nitrogen and oxygen atoms in total. The summed E-state index contributed by atoms with van der Waals surface area (Å²) in [6, 6.07) is 0. The van der Waals surface area contributed by atoms with Gasteiger partial charge >= 0.3 is 5.97 Å². The number of carboxylic acids is 1. The van der Waals surface area contributed by atoms with E-state index in [2.05, 4.69) is 9.40 Å². The van der Waals surface area contributed by atoms with Gasteiger partial charge in [0, 0.05) is 6.92 Å². The number of nitrogens with zero attached hydrogens (tertiary/aromatic N) is 1. The van der Waals surface area contributed by atoms with Crippen LogP contribution in [-0.4, -0.2) is 23.9 Å². The quantitative estimate of drug-likeness (QED) is 0.528. The van der Waals surface area contributed by atoms with E-state index in [1.54, 1.807) is 0 Å². The Morgan fingerprint density at radius 1 is 1.80 bits per heavy atom.